The summed E-state index contributed by atoms with van der Waals surface area (Å²) in [4.78, 5) is 0. The van der Waals surface area contributed by atoms with Gasteiger partial charge in [-0.25, -0.2) is 0 Å². The zero-order valence-electron chi connectivity index (χ0n) is 10.7. The molecule has 1 N–H and O–H groups in total. The highest BCUT2D eigenvalue weighted by molar-refractivity contribution is 7.99. The maximum absolute atomic E-state index is 4.13. The smallest absolute Gasteiger partial charge is 0.190 e. The standard InChI is InChI=1S/C11H22N4S/c1-5-7-12-9(2)6-8-16-11-14-13-10(3)15(11)4/h9,12H,5-8H2,1-4H3. The second-order valence-corrected chi connectivity index (χ2v) is 5.14. The normalized spacial score (nSPS) is 13.0. The van der Waals surface area contributed by atoms with Gasteiger partial charge in [-0.3, -0.25) is 0 Å². The average molecular weight is 242 g/mol. The van der Waals surface area contributed by atoms with Crippen molar-refractivity contribution in [1.82, 2.24) is 20.1 Å². The molecular formula is C11H22N4S. The number of hydrogen-bond acceptors (Lipinski definition) is 4. The Labute approximate surface area is 102 Å². The fourth-order valence-corrected chi connectivity index (χ4v) is 2.41. The van der Waals surface area contributed by atoms with Crippen molar-refractivity contribution in [3.8, 4) is 0 Å². The van der Waals surface area contributed by atoms with E-state index < -0.39 is 0 Å². The fraction of sp³-hybridized carbons (Fsp3) is 0.818. The van der Waals surface area contributed by atoms with E-state index in [1.165, 1.54) is 6.42 Å². The maximum atomic E-state index is 4.13. The zero-order chi connectivity index (χ0) is 12.0. The van der Waals surface area contributed by atoms with Crippen LogP contribution in [0.25, 0.3) is 0 Å². The van der Waals surface area contributed by atoms with Crippen LogP contribution in [0.2, 0.25) is 0 Å². The minimum atomic E-state index is 0.585. The van der Waals surface area contributed by atoms with Gasteiger partial charge in [0.25, 0.3) is 0 Å². The van der Waals surface area contributed by atoms with Crippen molar-refractivity contribution in [2.75, 3.05) is 12.3 Å². The third-order valence-electron chi connectivity index (χ3n) is 2.58. The van der Waals surface area contributed by atoms with Crippen LogP contribution in [0.5, 0.6) is 0 Å². The number of nitrogens with zero attached hydrogens (tertiary/aromatic N) is 3. The molecule has 1 unspecified atom stereocenters. The fourth-order valence-electron chi connectivity index (χ4n) is 1.33. The van der Waals surface area contributed by atoms with Crippen LogP contribution >= 0.6 is 11.8 Å². The molecule has 1 rings (SSSR count). The predicted octanol–water partition coefficient (Wildman–Crippen LogP) is 1.99. The molecule has 0 radical (unpaired) electrons. The highest BCUT2D eigenvalue weighted by Gasteiger charge is 2.06. The van der Waals surface area contributed by atoms with Crippen LogP contribution in [0.15, 0.2) is 5.16 Å². The highest BCUT2D eigenvalue weighted by atomic mass is 32.2. The third kappa shape index (κ3) is 4.14. The lowest BCUT2D eigenvalue weighted by Gasteiger charge is -2.12. The van der Waals surface area contributed by atoms with E-state index in [0.29, 0.717) is 6.04 Å². The van der Waals surface area contributed by atoms with Gasteiger partial charge in [-0.15, -0.1) is 10.2 Å². The number of thioether (sulfide) groups is 1. The Morgan fingerprint density at radius 1 is 1.44 bits per heavy atom. The molecule has 92 valence electrons. The van der Waals surface area contributed by atoms with Crippen molar-refractivity contribution in [1.29, 1.82) is 0 Å². The third-order valence-corrected chi connectivity index (χ3v) is 3.63. The van der Waals surface area contributed by atoms with Crippen LogP contribution in [0.4, 0.5) is 0 Å². The summed E-state index contributed by atoms with van der Waals surface area (Å²) < 4.78 is 2.04. The molecule has 0 aliphatic carbocycles. The van der Waals surface area contributed by atoms with Crippen molar-refractivity contribution < 1.29 is 0 Å². The molecule has 0 saturated heterocycles. The molecule has 0 amide bonds. The molecule has 16 heavy (non-hydrogen) atoms. The molecule has 1 heterocycles. The summed E-state index contributed by atoms with van der Waals surface area (Å²) >= 11 is 1.78. The van der Waals surface area contributed by atoms with E-state index in [-0.39, 0.29) is 0 Å². The molecule has 5 heteroatoms. The van der Waals surface area contributed by atoms with Crippen molar-refractivity contribution in [2.24, 2.45) is 7.05 Å². The summed E-state index contributed by atoms with van der Waals surface area (Å²) in [6, 6.07) is 0.585. The Kier molecular flexibility index (Phi) is 5.84. The van der Waals surface area contributed by atoms with E-state index >= 15 is 0 Å². The van der Waals surface area contributed by atoms with Crippen molar-refractivity contribution in [3.63, 3.8) is 0 Å². The van der Waals surface area contributed by atoms with Gasteiger partial charge in [0.05, 0.1) is 0 Å². The number of aryl methyl sites for hydroxylation is 1. The molecular weight excluding hydrogens is 220 g/mol. The molecule has 1 aromatic rings. The van der Waals surface area contributed by atoms with E-state index in [9.17, 15) is 0 Å². The summed E-state index contributed by atoms with van der Waals surface area (Å²) in [6.45, 7) is 7.51. The van der Waals surface area contributed by atoms with Crippen molar-refractivity contribution in [3.05, 3.63) is 5.82 Å². The summed E-state index contributed by atoms with van der Waals surface area (Å²) in [6.07, 6.45) is 2.36. The molecule has 0 aliphatic heterocycles. The molecule has 1 aromatic heterocycles. The SMILES string of the molecule is CCCNC(C)CCSc1nnc(C)n1C. The first-order valence-corrected chi connectivity index (χ1v) is 6.85. The number of nitrogens with one attached hydrogen (secondary N) is 1. The van der Waals surface area contributed by atoms with Gasteiger partial charge in [0.2, 0.25) is 0 Å². The molecule has 0 bridgehead atoms. The lowest BCUT2D eigenvalue weighted by molar-refractivity contribution is 0.535. The Morgan fingerprint density at radius 3 is 2.75 bits per heavy atom. The minimum Gasteiger partial charge on any atom is -0.314 e. The lowest BCUT2D eigenvalue weighted by atomic mass is 10.2. The molecule has 0 spiro atoms. The quantitative estimate of drug-likeness (QED) is 0.743. The molecule has 0 aromatic carbocycles. The first-order valence-electron chi connectivity index (χ1n) is 5.87. The van der Waals surface area contributed by atoms with E-state index in [4.69, 9.17) is 0 Å². The largest absolute Gasteiger partial charge is 0.314 e. The number of rotatable bonds is 7. The maximum Gasteiger partial charge on any atom is 0.190 e. The molecule has 4 nitrogen and oxygen atoms in total. The topological polar surface area (TPSA) is 42.7 Å². The Hall–Kier alpha value is -0.550. The monoisotopic (exact) mass is 242 g/mol. The molecule has 0 aliphatic rings. The first kappa shape index (κ1) is 13.5. The van der Waals surface area contributed by atoms with Gasteiger partial charge in [-0.2, -0.15) is 0 Å². The van der Waals surface area contributed by atoms with E-state index in [1.807, 2.05) is 18.5 Å². The first-order chi connectivity index (χ1) is 7.65. The van der Waals surface area contributed by atoms with Crippen LogP contribution in [0, 0.1) is 6.92 Å². The van der Waals surface area contributed by atoms with Crippen molar-refractivity contribution >= 4 is 11.8 Å². The highest BCUT2D eigenvalue weighted by Crippen LogP contribution is 2.16. The van der Waals surface area contributed by atoms with Crippen LogP contribution in [0.3, 0.4) is 0 Å². The van der Waals surface area contributed by atoms with E-state index in [2.05, 4.69) is 29.4 Å². The Balaban J connectivity index is 2.22. The van der Waals surface area contributed by atoms with Crippen LogP contribution in [-0.2, 0) is 7.05 Å². The number of aromatic nitrogens is 3. The van der Waals surface area contributed by atoms with Gasteiger partial charge >= 0.3 is 0 Å². The van der Waals surface area contributed by atoms with Crippen LogP contribution in [0.1, 0.15) is 32.5 Å². The predicted molar refractivity (Wildman–Crippen MR) is 68.8 cm³/mol. The van der Waals surface area contributed by atoms with Gasteiger partial charge in [-0.05, 0) is 33.2 Å². The van der Waals surface area contributed by atoms with Gasteiger partial charge < -0.3 is 9.88 Å². The van der Waals surface area contributed by atoms with Gasteiger partial charge in [0.1, 0.15) is 5.82 Å². The van der Waals surface area contributed by atoms with Crippen LogP contribution < -0.4 is 5.32 Å². The molecule has 0 fully saturated rings. The van der Waals surface area contributed by atoms with E-state index in [0.717, 1.165) is 29.7 Å². The summed E-state index contributed by atoms with van der Waals surface area (Å²) in [5.41, 5.74) is 0. The average Bonchev–Trinajstić information content (AvgIpc) is 2.58. The van der Waals surface area contributed by atoms with Gasteiger partial charge in [-0.1, -0.05) is 18.7 Å². The van der Waals surface area contributed by atoms with Crippen LogP contribution in [-0.4, -0.2) is 33.1 Å². The Morgan fingerprint density at radius 2 is 2.19 bits per heavy atom. The van der Waals surface area contributed by atoms with Crippen molar-refractivity contribution in [2.45, 2.75) is 44.8 Å². The number of hydrogen-bond donors (Lipinski definition) is 1. The lowest BCUT2D eigenvalue weighted by Crippen LogP contribution is -2.27. The second kappa shape index (κ2) is 6.91. The van der Waals surface area contributed by atoms with Gasteiger partial charge in [0.15, 0.2) is 5.16 Å². The zero-order valence-corrected chi connectivity index (χ0v) is 11.5. The molecule has 1 atom stereocenters. The minimum absolute atomic E-state index is 0.585. The summed E-state index contributed by atoms with van der Waals surface area (Å²) in [7, 11) is 2.01. The van der Waals surface area contributed by atoms with Gasteiger partial charge in [0, 0.05) is 18.8 Å². The Bertz CT molecular complexity index is 311. The summed E-state index contributed by atoms with van der Waals surface area (Å²) in [5, 5.41) is 12.7. The van der Waals surface area contributed by atoms with E-state index in [1.54, 1.807) is 11.8 Å². The summed E-state index contributed by atoms with van der Waals surface area (Å²) in [5.74, 6) is 2.06. The second-order valence-electron chi connectivity index (χ2n) is 4.08. The molecule has 0 saturated carbocycles.